The molecule has 0 aliphatic carbocycles. The minimum atomic E-state index is -0.197. The Morgan fingerprint density at radius 1 is 1.05 bits per heavy atom. The van der Waals surface area contributed by atoms with Gasteiger partial charge in [0, 0.05) is 12.1 Å². The van der Waals surface area contributed by atoms with Gasteiger partial charge >= 0.3 is 5.69 Å². The molecule has 0 saturated carbocycles. The lowest BCUT2D eigenvalue weighted by Gasteiger charge is -2.06. The van der Waals surface area contributed by atoms with Crippen molar-refractivity contribution in [2.24, 2.45) is 0 Å². The van der Waals surface area contributed by atoms with E-state index in [2.05, 4.69) is 10.2 Å². The van der Waals surface area contributed by atoms with E-state index in [-0.39, 0.29) is 5.69 Å². The maximum absolute atomic E-state index is 11.9. The molecule has 1 aromatic heterocycles. The fraction of sp³-hybridized carbons (Fsp3) is 0.125. The fourth-order valence-corrected chi connectivity index (χ4v) is 2.30. The van der Waals surface area contributed by atoms with Crippen molar-refractivity contribution in [3.8, 4) is 0 Å². The van der Waals surface area contributed by atoms with Crippen molar-refractivity contribution in [1.82, 2.24) is 14.8 Å². The molecule has 3 rings (SSSR count). The lowest BCUT2D eigenvalue weighted by molar-refractivity contribution is 0.717. The van der Waals surface area contributed by atoms with E-state index in [1.165, 1.54) is 0 Å². The number of hydrogen-bond acceptors (Lipinski definition) is 3. The summed E-state index contributed by atoms with van der Waals surface area (Å²) < 4.78 is 1.65. The lowest BCUT2D eigenvalue weighted by atomic mass is 10.1. The number of aromatic nitrogens is 3. The Kier molecular flexibility index (Phi) is 3.55. The summed E-state index contributed by atoms with van der Waals surface area (Å²) in [7, 11) is 0. The molecule has 0 radical (unpaired) electrons. The number of benzene rings is 2. The summed E-state index contributed by atoms with van der Waals surface area (Å²) in [5.74, 6) is 0.703. The summed E-state index contributed by atoms with van der Waals surface area (Å²) in [6.07, 6.45) is 0.566. The number of nitrogens with zero attached hydrogens (tertiary/aromatic N) is 2. The molecule has 3 aromatic rings. The van der Waals surface area contributed by atoms with Crippen LogP contribution in [0.4, 0.5) is 5.69 Å². The standard InChI is InChI=1S/C16H16N4O/c17-14-8-4-7-13(9-14)10-15-18-19-16(21)20(15)11-12-5-2-1-3-6-12/h1-9H,10-11,17H2,(H,19,21). The van der Waals surface area contributed by atoms with Crippen LogP contribution in [0.3, 0.4) is 0 Å². The van der Waals surface area contributed by atoms with Crippen LogP contribution >= 0.6 is 0 Å². The van der Waals surface area contributed by atoms with Crippen LogP contribution < -0.4 is 11.4 Å². The second-order valence-electron chi connectivity index (χ2n) is 4.94. The third kappa shape index (κ3) is 3.02. The number of hydrogen-bond donors (Lipinski definition) is 2. The maximum atomic E-state index is 11.9. The molecule has 0 saturated heterocycles. The third-order valence-corrected chi connectivity index (χ3v) is 3.33. The Bertz CT molecular complexity index is 789. The summed E-state index contributed by atoms with van der Waals surface area (Å²) in [5.41, 5.74) is 8.39. The molecule has 5 nitrogen and oxygen atoms in total. The molecule has 106 valence electrons. The predicted octanol–water partition coefficient (Wildman–Crippen LogP) is 1.79. The molecule has 0 atom stereocenters. The first-order valence-corrected chi connectivity index (χ1v) is 6.75. The van der Waals surface area contributed by atoms with E-state index in [9.17, 15) is 4.79 Å². The van der Waals surface area contributed by atoms with Crippen molar-refractivity contribution in [1.29, 1.82) is 0 Å². The van der Waals surface area contributed by atoms with Crippen LogP contribution in [-0.4, -0.2) is 14.8 Å². The van der Waals surface area contributed by atoms with Gasteiger partial charge in [0.1, 0.15) is 5.82 Å². The Hall–Kier alpha value is -2.82. The van der Waals surface area contributed by atoms with Crippen molar-refractivity contribution in [3.63, 3.8) is 0 Å². The van der Waals surface area contributed by atoms with Crippen molar-refractivity contribution < 1.29 is 0 Å². The van der Waals surface area contributed by atoms with Crippen LogP contribution in [0.15, 0.2) is 59.4 Å². The van der Waals surface area contributed by atoms with Crippen LogP contribution in [0.2, 0.25) is 0 Å². The summed E-state index contributed by atoms with van der Waals surface area (Å²) in [4.78, 5) is 11.9. The molecule has 0 amide bonds. The average molecular weight is 280 g/mol. The summed E-state index contributed by atoms with van der Waals surface area (Å²) in [5, 5.41) is 6.64. The van der Waals surface area contributed by atoms with Gasteiger partial charge in [0.2, 0.25) is 0 Å². The normalized spacial score (nSPS) is 10.7. The molecular weight excluding hydrogens is 264 g/mol. The topological polar surface area (TPSA) is 76.7 Å². The zero-order valence-corrected chi connectivity index (χ0v) is 11.5. The Balaban J connectivity index is 1.89. The van der Waals surface area contributed by atoms with Gasteiger partial charge in [-0.05, 0) is 23.3 Å². The molecule has 0 unspecified atom stereocenters. The van der Waals surface area contributed by atoms with E-state index in [0.29, 0.717) is 24.5 Å². The van der Waals surface area contributed by atoms with Gasteiger partial charge < -0.3 is 5.73 Å². The SMILES string of the molecule is Nc1cccc(Cc2n[nH]c(=O)n2Cc2ccccc2)c1. The minimum Gasteiger partial charge on any atom is -0.399 e. The average Bonchev–Trinajstić information content (AvgIpc) is 2.81. The molecule has 3 N–H and O–H groups in total. The molecule has 0 fully saturated rings. The second kappa shape index (κ2) is 5.66. The number of nitrogens with two attached hydrogens (primary N) is 1. The fourth-order valence-electron chi connectivity index (χ4n) is 2.30. The Labute approximate surface area is 122 Å². The van der Waals surface area contributed by atoms with E-state index >= 15 is 0 Å². The number of H-pyrrole nitrogens is 1. The third-order valence-electron chi connectivity index (χ3n) is 3.33. The maximum Gasteiger partial charge on any atom is 0.343 e. The van der Waals surface area contributed by atoms with Crippen molar-refractivity contribution in [3.05, 3.63) is 82.0 Å². The number of aromatic amines is 1. The highest BCUT2D eigenvalue weighted by molar-refractivity contribution is 5.41. The van der Waals surface area contributed by atoms with Crippen LogP contribution in [-0.2, 0) is 13.0 Å². The molecule has 1 heterocycles. The zero-order valence-electron chi connectivity index (χ0n) is 11.5. The predicted molar refractivity (Wildman–Crippen MR) is 82.1 cm³/mol. The number of nitrogens with one attached hydrogen (secondary N) is 1. The van der Waals surface area contributed by atoms with Gasteiger partial charge in [-0.3, -0.25) is 4.57 Å². The van der Waals surface area contributed by atoms with Gasteiger partial charge in [-0.2, -0.15) is 5.10 Å². The first-order valence-electron chi connectivity index (χ1n) is 6.75. The van der Waals surface area contributed by atoms with E-state index in [1.54, 1.807) is 4.57 Å². The largest absolute Gasteiger partial charge is 0.399 e. The molecule has 21 heavy (non-hydrogen) atoms. The summed E-state index contributed by atoms with van der Waals surface area (Å²) in [6.45, 7) is 0.508. The van der Waals surface area contributed by atoms with E-state index in [0.717, 1.165) is 11.1 Å². The molecular formula is C16H16N4O. The van der Waals surface area contributed by atoms with Crippen molar-refractivity contribution in [2.75, 3.05) is 5.73 Å². The van der Waals surface area contributed by atoms with E-state index < -0.39 is 0 Å². The Morgan fingerprint density at radius 3 is 2.57 bits per heavy atom. The van der Waals surface area contributed by atoms with Crippen LogP contribution in [0.5, 0.6) is 0 Å². The highest BCUT2D eigenvalue weighted by atomic mass is 16.1. The molecule has 2 aromatic carbocycles. The van der Waals surface area contributed by atoms with Crippen LogP contribution in [0.1, 0.15) is 17.0 Å². The van der Waals surface area contributed by atoms with Gasteiger partial charge in [-0.1, -0.05) is 42.5 Å². The number of rotatable bonds is 4. The van der Waals surface area contributed by atoms with Gasteiger partial charge in [0.25, 0.3) is 0 Å². The number of anilines is 1. The zero-order chi connectivity index (χ0) is 14.7. The first kappa shape index (κ1) is 13.2. The number of nitrogen functional groups attached to an aromatic ring is 1. The van der Waals surface area contributed by atoms with Gasteiger partial charge in [0.15, 0.2) is 0 Å². The smallest absolute Gasteiger partial charge is 0.343 e. The molecule has 0 aliphatic heterocycles. The van der Waals surface area contributed by atoms with Gasteiger partial charge in [0.05, 0.1) is 6.54 Å². The van der Waals surface area contributed by atoms with Crippen molar-refractivity contribution >= 4 is 5.69 Å². The monoisotopic (exact) mass is 280 g/mol. The quantitative estimate of drug-likeness (QED) is 0.715. The van der Waals surface area contributed by atoms with E-state index in [1.807, 2.05) is 54.6 Å². The minimum absolute atomic E-state index is 0.197. The molecule has 0 aliphatic rings. The molecule has 0 spiro atoms. The lowest BCUT2D eigenvalue weighted by Crippen LogP contribution is -2.19. The Morgan fingerprint density at radius 2 is 1.81 bits per heavy atom. The molecule has 0 bridgehead atoms. The van der Waals surface area contributed by atoms with Crippen LogP contribution in [0.25, 0.3) is 0 Å². The second-order valence-corrected chi connectivity index (χ2v) is 4.94. The van der Waals surface area contributed by atoms with E-state index in [4.69, 9.17) is 5.73 Å². The van der Waals surface area contributed by atoms with Gasteiger partial charge in [-0.25, -0.2) is 9.89 Å². The van der Waals surface area contributed by atoms with Crippen molar-refractivity contribution in [2.45, 2.75) is 13.0 Å². The highest BCUT2D eigenvalue weighted by Gasteiger charge is 2.09. The highest BCUT2D eigenvalue weighted by Crippen LogP contribution is 2.11. The first-order chi connectivity index (χ1) is 10.2. The van der Waals surface area contributed by atoms with Gasteiger partial charge in [-0.15, -0.1) is 0 Å². The summed E-state index contributed by atoms with van der Waals surface area (Å²) in [6, 6.07) is 17.5. The summed E-state index contributed by atoms with van der Waals surface area (Å²) >= 11 is 0. The molecule has 5 heteroatoms. The van der Waals surface area contributed by atoms with Crippen LogP contribution in [0, 0.1) is 0 Å².